The van der Waals surface area contributed by atoms with Crippen LogP contribution in [0.2, 0.25) is 0 Å². The van der Waals surface area contributed by atoms with Crippen molar-refractivity contribution in [3.05, 3.63) is 48.6 Å². The molecular formula is C21H31BN2O5. The molecule has 2 amide bonds. The number of benzene rings is 1. The number of nitrogens with one attached hydrogen (secondary N) is 1. The van der Waals surface area contributed by atoms with Gasteiger partial charge in [-0.1, -0.05) is 43.8 Å². The van der Waals surface area contributed by atoms with E-state index in [1.807, 2.05) is 44.2 Å². The number of aryl methyl sites for hydroxylation is 1. The molecule has 1 aliphatic rings. The quantitative estimate of drug-likeness (QED) is 0.434. The molecular weight excluding hydrogens is 371 g/mol. The molecule has 1 saturated heterocycles. The van der Waals surface area contributed by atoms with E-state index >= 15 is 0 Å². The van der Waals surface area contributed by atoms with E-state index in [0.717, 1.165) is 24.8 Å². The normalized spacial score (nSPS) is 22.1. The van der Waals surface area contributed by atoms with Crippen LogP contribution in [0.5, 0.6) is 0 Å². The smallest absolute Gasteiger partial charge is 0.447 e. The van der Waals surface area contributed by atoms with E-state index in [0.29, 0.717) is 12.8 Å². The Morgan fingerprint density at radius 3 is 2.69 bits per heavy atom. The van der Waals surface area contributed by atoms with Crippen molar-refractivity contribution >= 4 is 19.1 Å². The average Bonchev–Trinajstić information content (AvgIpc) is 3.06. The summed E-state index contributed by atoms with van der Waals surface area (Å²) in [5.74, 6) is -1.03. The van der Waals surface area contributed by atoms with Crippen molar-refractivity contribution in [2.75, 3.05) is 6.61 Å². The van der Waals surface area contributed by atoms with Crippen molar-refractivity contribution in [1.82, 2.24) is 10.2 Å². The van der Waals surface area contributed by atoms with Crippen molar-refractivity contribution in [3.8, 4) is 0 Å². The Kier molecular flexibility index (Phi) is 8.28. The molecule has 0 radical (unpaired) electrons. The first-order valence-corrected chi connectivity index (χ1v) is 10.1. The Bertz CT molecular complexity index is 700. The lowest BCUT2D eigenvalue weighted by molar-refractivity contribution is -0.133. The Labute approximate surface area is 172 Å². The fraction of sp³-hybridized carbons (Fsp3) is 0.524. The number of hydrogen-bond acceptors (Lipinski definition) is 5. The minimum Gasteiger partial charge on any atom is -0.447 e. The van der Waals surface area contributed by atoms with E-state index in [-0.39, 0.29) is 18.6 Å². The van der Waals surface area contributed by atoms with Crippen LogP contribution in [0, 0.1) is 0 Å². The summed E-state index contributed by atoms with van der Waals surface area (Å²) in [4.78, 5) is 26.4. The van der Waals surface area contributed by atoms with Crippen molar-refractivity contribution in [1.29, 1.82) is 0 Å². The second-order valence-electron chi connectivity index (χ2n) is 7.77. The minimum absolute atomic E-state index is 0.0296. The van der Waals surface area contributed by atoms with Crippen LogP contribution in [-0.2, 0) is 16.0 Å². The summed E-state index contributed by atoms with van der Waals surface area (Å²) in [7, 11) is -1.70. The number of carbonyl (C=O) groups excluding carboxylic acids is 2. The van der Waals surface area contributed by atoms with Gasteiger partial charge in [0, 0.05) is 6.04 Å². The molecule has 0 saturated carbocycles. The van der Waals surface area contributed by atoms with Crippen LogP contribution in [-0.4, -0.2) is 58.2 Å². The molecule has 7 nitrogen and oxygen atoms in total. The van der Waals surface area contributed by atoms with Crippen LogP contribution < -0.4 is 5.32 Å². The number of nitrogens with zero attached hydrogens (tertiary/aromatic N) is 1. The van der Waals surface area contributed by atoms with Gasteiger partial charge in [0.25, 0.3) is 0 Å². The van der Waals surface area contributed by atoms with Crippen LogP contribution in [0.3, 0.4) is 0 Å². The molecule has 1 aliphatic heterocycles. The Morgan fingerprint density at radius 1 is 1.41 bits per heavy atom. The fourth-order valence-corrected chi connectivity index (χ4v) is 3.92. The number of likely N-dealkylation sites (tertiary alicyclic amines) is 1. The standard InChI is InChI=1S/C21H31BN2O5/c1-4-17-13-14-21(3,24(17)19(25)5-2)15-29-20(26)23-18(22(27)28)12-11-16-9-7-6-8-10-16/h5-10,17-18,27-28H,2,4,11-15H2,1,3H3,(H,23,26). The van der Waals surface area contributed by atoms with Gasteiger partial charge in [-0.2, -0.15) is 0 Å². The number of ether oxygens (including phenoxy) is 1. The van der Waals surface area contributed by atoms with Gasteiger partial charge in [-0.25, -0.2) is 4.79 Å². The predicted molar refractivity (Wildman–Crippen MR) is 112 cm³/mol. The predicted octanol–water partition coefficient (Wildman–Crippen LogP) is 2.07. The third-order valence-corrected chi connectivity index (χ3v) is 5.61. The molecule has 0 bridgehead atoms. The number of hydrogen-bond donors (Lipinski definition) is 3. The molecule has 158 valence electrons. The van der Waals surface area contributed by atoms with Gasteiger partial charge in [0.2, 0.25) is 5.91 Å². The Hall–Kier alpha value is -2.32. The molecule has 29 heavy (non-hydrogen) atoms. The van der Waals surface area contributed by atoms with Crippen molar-refractivity contribution in [2.45, 2.75) is 63.5 Å². The van der Waals surface area contributed by atoms with E-state index < -0.39 is 24.7 Å². The topological polar surface area (TPSA) is 99.1 Å². The Morgan fingerprint density at radius 2 is 2.10 bits per heavy atom. The minimum atomic E-state index is -1.70. The summed E-state index contributed by atoms with van der Waals surface area (Å²) < 4.78 is 5.38. The molecule has 3 N–H and O–H groups in total. The zero-order valence-electron chi connectivity index (χ0n) is 17.2. The summed E-state index contributed by atoms with van der Waals surface area (Å²) in [6, 6.07) is 9.69. The van der Waals surface area contributed by atoms with Crippen LogP contribution in [0.4, 0.5) is 4.79 Å². The third kappa shape index (κ3) is 6.08. The maximum absolute atomic E-state index is 12.3. The van der Waals surface area contributed by atoms with Gasteiger partial charge < -0.3 is 25.0 Å². The molecule has 3 unspecified atom stereocenters. The van der Waals surface area contributed by atoms with E-state index in [2.05, 4.69) is 11.9 Å². The summed E-state index contributed by atoms with van der Waals surface area (Å²) in [5.41, 5.74) is 0.427. The number of alkyl carbamates (subject to hydrolysis) is 1. The lowest BCUT2D eigenvalue weighted by Crippen LogP contribution is -2.52. The molecule has 3 atom stereocenters. The highest BCUT2D eigenvalue weighted by molar-refractivity contribution is 6.43. The fourth-order valence-electron chi connectivity index (χ4n) is 3.92. The molecule has 1 aromatic carbocycles. The second-order valence-corrected chi connectivity index (χ2v) is 7.77. The molecule has 0 spiro atoms. The van der Waals surface area contributed by atoms with E-state index in [4.69, 9.17) is 4.74 Å². The van der Waals surface area contributed by atoms with Gasteiger partial charge in [0.15, 0.2) is 0 Å². The van der Waals surface area contributed by atoms with E-state index in [9.17, 15) is 19.6 Å². The summed E-state index contributed by atoms with van der Waals surface area (Å²) in [5, 5.41) is 21.7. The lowest BCUT2D eigenvalue weighted by Gasteiger charge is -2.37. The van der Waals surface area contributed by atoms with Gasteiger partial charge in [0.05, 0.1) is 11.5 Å². The van der Waals surface area contributed by atoms with Gasteiger partial charge >= 0.3 is 13.2 Å². The van der Waals surface area contributed by atoms with Crippen LogP contribution in [0.15, 0.2) is 43.0 Å². The maximum Gasteiger partial charge on any atom is 0.475 e. The highest BCUT2D eigenvalue weighted by Crippen LogP contribution is 2.35. The molecule has 8 heteroatoms. The second kappa shape index (κ2) is 10.5. The summed E-state index contributed by atoms with van der Waals surface area (Å²) in [6.07, 6.45) is 3.87. The molecule has 1 fully saturated rings. The highest BCUT2D eigenvalue weighted by atomic mass is 16.5. The molecule has 2 rings (SSSR count). The first-order chi connectivity index (χ1) is 13.8. The van der Waals surface area contributed by atoms with Crippen molar-refractivity contribution in [2.24, 2.45) is 0 Å². The van der Waals surface area contributed by atoms with Crippen molar-refractivity contribution < 1.29 is 24.4 Å². The van der Waals surface area contributed by atoms with Crippen molar-refractivity contribution in [3.63, 3.8) is 0 Å². The molecule has 1 aromatic rings. The number of amides is 2. The molecule has 0 aliphatic carbocycles. The SMILES string of the molecule is C=CC(=O)N1C(CC)CCC1(C)COC(=O)NC(CCc1ccccc1)B(O)O. The van der Waals surface area contributed by atoms with Crippen LogP contribution in [0.1, 0.15) is 45.1 Å². The van der Waals surface area contributed by atoms with Gasteiger partial charge in [-0.3, -0.25) is 4.79 Å². The molecule has 0 aromatic heterocycles. The van der Waals surface area contributed by atoms with Gasteiger partial charge in [0.1, 0.15) is 6.61 Å². The Balaban J connectivity index is 1.92. The third-order valence-electron chi connectivity index (χ3n) is 5.61. The number of rotatable bonds is 9. The average molecular weight is 402 g/mol. The maximum atomic E-state index is 12.3. The summed E-state index contributed by atoms with van der Waals surface area (Å²) in [6.45, 7) is 7.52. The number of carbonyl (C=O) groups is 2. The monoisotopic (exact) mass is 402 g/mol. The van der Waals surface area contributed by atoms with Gasteiger partial charge in [-0.05, 0) is 50.7 Å². The largest absolute Gasteiger partial charge is 0.475 e. The highest BCUT2D eigenvalue weighted by Gasteiger charge is 2.45. The summed E-state index contributed by atoms with van der Waals surface area (Å²) >= 11 is 0. The van der Waals surface area contributed by atoms with E-state index in [1.54, 1.807) is 4.90 Å². The zero-order valence-corrected chi connectivity index (χ0v) is 17.2. The van der Waals surface area contributed by atoms with Gasteiger partial charge in [-0.15, -0.1) is 0 Å². The van der Waals surface area contributed by atoms with E-state index in [1.165, 1.54) is 6.08 Å². The molecule has 1 heterocycles. The zero-order chi connectivity index (χ0) is 21.4. The van der Waals surface area contributed by atoms with Crippen LogP contribution >= 0.6 is 0 Å². The lowest BCUT2D eigenvalue weighted by atomic mass is 9.76. The van der Waals surface area contributed by atoms with Crippen LogP contribution in [0.25, 0.3) is 0 Å². The first kappa shape index (κ1) is 23.0. The first-order valence-electron chi connectivity index (χ1n) is 10.1.